The maximum Gasteiger partial charge on any atom is 0.387 e. The van der Waals surface area contributed by atoms with Crippen molar-refractivity contribution in [3.05, 3.63) is 68.7 Å². The summed E-state index contributed by atoms with van der Waals surface area (Å²) in [6, 6.07) is 8.76. The lowest BCUT2D eigenvalue weighted by atomic mass is 10.2. The topological polar surface area (TPSA) is 73.2 Å². The van der Waals surface area contributed by atoms with Gasteiger partial charge in [0.1, 0.15) is 12.3 Å². The highest BCUT2D eigenvalue weighted by atomic mass is 35.5. The molecule has 0 radical (unpaired) electrons. The molecule has 10 heteroatoms. The first kappa shape index (κ1) is 20.0. The van der Waals surface area contributed by atoms with Crippen molar-refractivity contribution in [3.63, 3.8) is 0 Å². The van der Waals surface area contributed by atoms with Gasteiger partial charge in [-0.05, 0) is 29.8 Å². The number of hydrogen-bond acceptors (Lipinski definition) is 4. The minimum atomic E-state index is -2.90. The van der Waals surface area contributed by atoms with Crippen LogP contribution in [0.4, 0.5) is 8.78 Å². The second-order valence-corrected chi connectivity index (χ2v) is 6.60. The van der Waals surface area contributed by atoms with E-state index in [1.165, 1.54) is 30.6 Å². The summed E-state index contributed by atoms with van der Waals surface area (Å²) in [7, 11) is 0. The molecular formula is C18H13Cl2F2N3O3. The predicted molar refractivity (Wildman–Crippen MR) is 101 cm³/mol. The van der Waals surface area contributed by atoms with Gasteiger partial charge < -0.3 is 10.1 Å². The predicted octanol–water partition coefficient (Wildman–Crippen LogP) is 3.62. The van der Waals surface area contributed by atoms with Crippen molar-refractivity contribution < 1.29 is 18.3 Å². The Morgan fingerprint density at radius 3 is 2.61 bits per heavy atom. The molecule has 0 saturated heterocycles. The third-order valence-electron chi connectivity index (χ3n) is 3.80. The van der Waals surface area contributed by atoms with Crippen molar-refractivity contribution in [1.29, 1.82) is 0 Å². The molecule has 0 fully saturated rings. The third kappa shape index (κ3) is 4.76. The number of ether oxygens (including phenoxy) is 1. The highest BCUT2D eigenvalue weighted by molar-refractivity contribution is 6.38. The van der Waals surface area contributed by atoms with E-state index in [1.807, 2.05) is 0 Å². The zero-order valence-electron chi connectivity index (χ0n) is 14.2. The average Bonchev–Trinajstić information content (AvgIpc) is 2.63. The Balaban J connectivity index is 1.66. The molecule has 3 rings (SSSR count). The quantitative estimate of drug-likeness (QED) is 0.651. The molecular weight excluding hydrogens is 415 g/mol. The summed E-state index contributed by atoms with van der Waals surface area (Å²) in [6.45, 7) is -3.00. The third-order valence-corrected chi connectivity index (χ3v) is 4.30. The monoisotopic (exact) mass is 427 g/mol. The molecule has 1 amide bonds. The molecule has 1 heterocycles. The second-order valence-electron chi connectivity index (χ2n) is 5.76. The summed E-state index contributed by atoms with van der Waals surface area (Å²) in [4.78, 5) is 28.8. The van der Waals surface area contributed by atoms with E-state index in [1.54, 1.807) is 12.1 Å². The number of amides is 1. The van der Waals surface area contributed by atoms with E-state index in [-0.39, 0.29) is 34.3 Å². The smallest absolute Gasteiger partial charge is 0.387 e. The fourth-order valence-electron chi connectivity index (χ4n) is 2.51. The van der Waals surface area contributed by atoms with Crippen molar-refractivity contribution in [1.82, 2.24) is 14.9 Å². The first-order valence-electron chi connectivity index (χ1n) is 7.98. The summed E-state index contributed by atoms with van der Waals surface area (Å²) in [6.07, 6.45) is 1.24. The molecule has 0 aliphatic carbocycles. The summed E-state index contributed by atoms with van der Waals surface area (Å²) in [5.41, 5.74) is 0.536. The zero-order chi connectivity index (χ0) is 20.3. The van der Waals surface area contributed by atoms with Crippen molar-refractivity contribution >= 4 is 40.0 Å². The van der Waals surface area contributed by atoms with Crippen LogP contribution in [0.15, 0.2) is 47.5 Å². The van der Waals surface area contributed by atoms with Crippen LogP contribution in [-0.2, 0) is 17.9 Å². The summed E-state index contributed by atoms with van der Waals surface area (Å²) in [5.74, 6) is -0.402. The Bertz CT molecular complexity index is 1070. The van der Waals surface area contributed by atoms with Crippen LogP contribution < -0.4 is 15.6 Å². The maximum atomic E-state index is 12.5. The number of nitrogens with zero attached hydrogens (tertiary/aromatic N) is 2. The van der Waals surface area contributed by atoms with Crippen LogP contribution in [0.1, 0.15) is 5.56 Å². The van der Waals surface area contributed by atoms with E-state index in [0.717, 1.165) is 4.57 Å². The lowest BCUT2D eigenvalue weighted by Gasteiger charge is -2.09. The minimum absolute atomic E-state index is 0.0242. The number of rotatable bonds is 6. The van der Waals surface area contributed by atoms with Gasteiger partial charge in [0.05, 0.1) is 22.3 Å². The number of fused-ring (bicyclic) bond motifs is 1. The van der Waals surface area contributed by atoms with Crippen molar-refractivity contribution in [2.24, 2.45) is 0 Å². The Morgan fingerprint density at radius 1 is 1.21 bits per heavy atom. The average molecular weight is 428 g/mol. The number of hydrogen-bond donors (Lipinski definition) is 1. The zero-order valence-corrected chi connectivity index (χ0v) is 15.7. The lowest BCUT2D eigenvalue weighted by Crippen LogP contribution is -2.32. The van der Waals surface area contributed by atoms with Gasteiger partial charge in [0, 0.05) is 11.6 Å². The molecule has 0 saturated carbocycles. The second kappa shape index (κ2) is 8.53. The molecule has 0 aliphatic heterocycles. The van der Waals surface area contributed by atoms with Gasteiger partial charge in [0.15, 0.2) is 0 Å². The molecule has 1 aromatic heterocycles. The van der Waals surface area contributed by atoms with E-state index < -0.39 is 18.1 Å². The van der Waals surface area contributed by atoms with E-state index >= 15 is 0 Å². The van der Waals surface area contributed by atoms with E-state index in [9.17, 15) is 18.4 Å². The van der Waals surface area contributed by atoms with E-state index in [2.05, 4.69) is 15.0 Å². The van der Waals surface area contributed by atoms with Crippen LogP contribution in [0.2, 0.25) is 10.0 Å². The van der Waals surface area contributed by atoms with Crippen molar-refractivity contribution in [2.45, 2.75) is 19.7 Å². The molecule has 0 unspecified atom stereocenters. The van der Waals surface area contributed by atoms with E-state index in [4.69, 9.17) is 23.2 Å². The first-order valence-corrected chi connectivity index (χ1v) is 8.73. The van der Waals surface area contributed by atoms with Crippen LogP contribution in [0.5, 0.6) is 5.75 Å². The summed E-state index contributed by atoms with van der Waals surface area (Å²) >= 11 is 11.9. The molecule has 28 heavy (non-hydrogen) atoms. The fourth-order valence-corrected chi connectivity index (χ4v) is 3.05. The number of alkyl halides is 2. The fraction of sp³-hybridized carbons (Fsp3) is 0.167. The van der Waals surface area contributed by atoms with Crippen LogP contribution in [-0.4, -0.2) is 22.1 Å². The van der Waals surface area contributed by atoms with Gasteiger partial charge in [-0.3, -0.25) is 14.2 Å². The van der Waals surface area contributed by atoms with Crippen LogP contribution >= 0.6 is 23.2 Å². The number of carbonyl (C=O) groups is 1. The highest BCUT2D eigenvalue weighted by Gasteiger charge is 2.11. The van der Waals surface area contributed by atoms with Gasteiger partial charge in [-0.15, -0.1) is 0 Å². The normalized spacial score (nSPS) is 11.0. The number of halogens is 4. The highest BCUT2D eigenvalue weighted by Crippen LogP contribution is 2.23. The van der Waals surface area contributed by atoms with Gasteiger partial charge in [-0.25, -0.2) is 4.98 Å². The van der Waals surface area contributed by atoms with Gasteiger partial charge in [-0.1, -0.05) is 35.3 Å². The van der Waals surface area contributed by atoms with Crippen LogP contribution in [0.25, 0.3) is 10.9 Å². The van der Waals surface area contributed by atoms with Gasteiger partial charge in [0.2, 0.25) is 5.91 Å². The molecule has 0 aliphatic rings. The number of nitrogens with one attached hydrogen (secondary N) is 1. The van der Waals surface area contributed by atoms with Crippen LogP contribution in [0, 0.1) is 0 Å². The molecule has 6 nitrogen and oxygen atoms in total. The molecule has 1 N–H and O–H groups in total. The molecule has 0 atom stereocenters. The largest absolute Gasteiger partial charge is 0.435 e. The summed E-state index contributed by atoms with van der Waals surface area (Å²) in [5, 5.41) is 3.38. The number of aromatic nitrogens is 2. The van der Waals surface area contributed by atoms with E-state index in [0.29, 0.717) is 11.1 Å². The van der Waals surface area contributed by atoms with Gasteiger partial charge in [-0.2, -0.15) is 8.78 Å². The molecule has 0 spiro atoms. The summed E-state index contributed by atoms with van der Waals surface area (Å²) < 4.78 is 29.7. The first-order chi connectivity index (χ1) is 13.3. The Morgan fingerprint density at radius 2 is 1.93 bits per heavy atom. The number of benzene rings is 2. The maximum absolute atomic E-state index is 12.5. The minimum Gasteiger partial charge on any atom is -0.435 e. The van der Waals surface area contributed by atoms with Gasteiger partial charge >= 0.3 is 6.61 Å². The number of carbonyl (C=O) groups excluding carboxylic acids is 1. The molecule has 3 aromatic rings. The van der Waals surface area contributed by atoms with Crippen molar-refractivity contribution in [2.75, 3.05) is 0 Å². The van der Waals surface area contributed by atoms with Crippen LogP contribution in [0.3, 0.4) is 0 Å². The Labute approximate surface area is 167 Å². The SMILES string of the molecule is O=C(Cn1cnc2c(Cl)cc(Cl)cc2c1=O)NCc1ccc(OC(F)F)cc1. The lowest BCUT2D eigenvalue weighted by molar-refractivity contribution is -0.121. The Hall–Kier alpha value is -2.71. The van der Waals surface area contributed by atoms with Crippen molar-refractivity contribution in [3.8, 4) is 5.75 Å². The van der Waals surface area contributed by atoms with Gasteiger partial charge in [0.25, 0.3) is 5.56 Å². The molecule has 2 aromatic carbocycles. The molecule has 146 valence electrons. The standard InChI is InChI=1S/C18H13Cl2F2N3O3/c19-11-5-13-16(14(20)6-11)24-9-25(17(13)27)8-15(26)23-7-10-1-3-12(4-2-10)28-18(21)22/h1-6,9,18H,7-8H2,(H,23,26). The molecule has 0 bridgehead atoms. The Kier molecular flexibility index (Phi) is 6.11.